The van der Waals surface area contributed by atoms with Crippen molar-refractivity contribution >= 4 is 38.9 Å². The van der Waals surface area contributed by atoms with Gasteiger partial charge in [-0.1, -0.05) is 48.9 Å². The summed E-state index contributed by atoms with van der Waals surface area (Å²) in [6.45, 7) is 3.15. The van der Waals surface area contributed by atoms with Crippen LogP contribution in [0.25, 0.3) is 0 Å². The van der Waals surface area contributed by atoms with Crippen LogP contribution in [-0.4, -0.2) is 6.54 Å². The van der Waals surface area contributed by atoms with Crippen LogP contribution in [0.2, 0.25) is 4.34 Å². The van der Waals surface area contributed by atoms with Gasteiger partial charge in [0.15, 0.2) is 0 Å². The summed E-state index contributed by atoms with van der Waals surface area (Å²) in [5.74, 6) is 1.36. The number of nitrogens with one attached hydrogen (secondary N) is 1. The Bertz CT molecular complexity index is 564. The molecule has 0 spiro atoms. The minimum atomic E-state index is 0.416. The molecule has 2 aromatic rings. The van der Waals surface area contributed by atoms with Gasteiger partial charge in [0.2, 0.25) is 0 Å². The number of hydrogen-bond donors (Lipinski definition) is 1. The van der Waals surface area contributed by atoms with E-state index >= 15 is 0 Å². The molecule has 1 fully saturated rings. The first-order valence-electron chi connectivity index (χ1n) is 6.93. The summed E-state index contributed by atoms with van der Waals surface area (Å²) in [5.41, 5.74) is 1.46. The summed E-state index contributed by atoms with van der Waals surface area (Å²) >= 11 is 11.4. The number of hydrogen-bond acceptors (Lipinski definition) is 2. The van der Waals surface area contributed by atoms with Crippen LogP contribution in [0.3, 0.4) is 0 Å². The first kappa shape index (κ1) is 14.6. The second kappa shape index (κ2) is 6.18. The number of halogens is 2. The lowest BCUT2D eigenvalue weighted by atomic mass is 10.0. The zero-order valence-electron chi connectivity index (χ0n) is 11.3. The van der Waals surface area contributed by atoms with Crippen molar-refractivity contribution in [1.29, 1.82) is 0 Å². The van der Waals surface area contributed by atoms with Crippen molar-refractivity contribution in [2.45, 2.75) is 25.3 Å². The van der Waals surface area contributed by atoms with Gasteiger partial charge >= 0.3 is 0 Å². The van der Waals surface area contributed by atoms with Crippen molar-refractivity contribution in [3.63, 3.8) is 0 Å². The molecule has 3 rings (SSSR count). The molecule has 1 aromatic heterocycles. The summed E-state index contributed by atoms with van der Waals surface area (Å²) in [5, 5.41) is 3.63. The average Bonchev–Trinajstić information content (AvgIpc) is 3.18. The zero-order chi connectivity index (χ0) is 14.1. The first-order chi connectivity index (χ1) is 9.70. The summed E-state index contributed by atoms with van der Waals surface area (Å²) < 4.78 is 1.86. The maximum Gasteiger partial charge on any atom is 0.107 e. The molecule has 0 aliphatic heterocycles. The lowest BCUT2D eigenvalue weighted by molar-refractivity contribution is 0.494. The topological polar surface area (TPSA) is 12.0 Å². The van der Waals surface area contributed by atoms with E-state index in [1.54, 1.807) is 11.3 Å². The molecule has 0 radical (unpaired) electrons. The molecular weight excluding hydrogens is 354 g/mol. The third-order valence-corrected chi connectivity index (χ3v) is 6.45. The van der Waals surface area contributed by atoms with E-state index in [9.17, 15) is 0 Å². The van der Waals surface area contributed by atoms with Gasteiger partial charge in [0.05, 0.1) is 0 Å². The second-order valence-electron chi connectivity index (χ2n) is 5.22. The van der Waals surface area contributed by atoms with Crippen LogP contribution in [0.1, 0.15) is 35.7 Å². The van der Waals surface area contributed by atoms with Crippen LogP contribution in [0, 0.1) is 5.92 Å². The molecule has 1 aliphatic rings. The molecule has 0 saturated heterocycles. The third kappa shape index (κ3) is 2.96. The van der Waals surface area contributed by atoms with E-state index in [-0.39, 0.29) is 0 Å². The van der Waals surface area contributed by atoms with E-state index in [1.807, 2.05) is 0 Å². The Morgan fingerprint density at radius 3 is 2.75 bits per heavy atom. The molecule has 1 aliphatic carbocycles. The molecule has 3 atom stereocenters. The molecule has 1 aromatic carbocycles. The molecule has 106 valence electrons. The van der Waals surface area contributed by atoms with Crippen LogP contribution in [0.15, 0.2) is 40.9 Å². The Hall–Kier alpha value is -0.350. The van der Waals surface area contributed by atoms with Crippen molar-refractivity contribution in [2.24, 2.45) is 5.92 Å². The van der Waals surface area contributed by atoms with Gasteiger partial charge in [0, 0.05) is 15.4 Å². The maximum absolute atomic E-state index is 6.20. The smallest absolute Gasteiger partial charge is 0.107 e. The number of benzene rings is 1. The number of rotatable bonds is 5. The van der Waals surface area contributed by atoms with Gasteiger partial charge in [-0.25, -0.2) is 0 Å². The van der Waals surface area contributed by atoms with Crippen LogP contribution in [0.5, 0.6) is 0 Å². The quantitative estimate of drug-likeness (QED) is 0.720. The first-order valence-corrected chi connectivity index (χ1v) is 8.92. The van der Waals surface area contributed by atoms with Gasteiger partial charge in [-0.15, -0.1) is 11.3 Å². The lowest BCUT2D eigenvalue weighted by Crippen LogP contribution is -2.22. The van der Waals surface area contributed by atoms with E-state index in [4.69, 9.17) is 11.6 Å². The second-order valence-corrected chi connectivity index (χ2v) is 7.76. The largest absolute Gasteiger partial charge is 0.309 e. The predicted octanol–water partition coefficient (Wildman–Crippen LogP) is 5.62. The SMILES string of the molecule is CCNC(c1cc(Br)c(Cl)s1)C1CC1c1ccccc1. The standard InChI is InChI=1S/C16H17BrClNS/c1-2-19-15(14-9-13(17)16(18)20-14)12-8-11(12)10-6-4-3-5-7-10/h3-7,9,11-12,15,19H,2,8H2,1H3. The fraction of sp³-hybridized carbons (Fsp3) is 0.375. The number of thiophene rings is 1. The maximum atomic E-state index is 6.20. The van der Waals surface area contributed by atoms with Crippen LogP contribution >= 0.6 is 38.9 Å². The van der Waals surface area contributed by atoms with Crippen molar-refractivity contribution in [1.82, 2.24) is 5.32 Å². The normalized spacial score (nSPS) is 22.8. The molecule has 3 unspecified atom stereocenters. The molecule has 1 heterocycles. The van der Waals surface area contributed by atoms with Crippen molar-refractivity contribution in [3.05, 3.63) is 55.6 Å². The van der Waals surface area contributed by atoms with E-state index in [0.717, 1.165) is 15.4 Å². The Balaban J connectivity index is 1.79. The third-order valence-electron chi connectivity index (χ3n) is 3.89. The Morgan fingerprint density at radius 2 is 2.15 bits per heavy atom. The molecule has 4 heteroatoms. The Morgan fingerprint density at radius 1 is 1.40 bits per heavy atom. The Kier molecular flexibility index (Phi) is 4.51. The van der Waals surface area contributed by atoms with Gasteiger partial charge in [-0.2, -0.15) is 0 Å². The van der Waals surface area contributed by atoms with Crippen LogP contribution in [-0.2, 0) is 0 Å². The van der Waals surface area contributed by atoms with E-state index < -0.39 is 0 Å². The molecule has 1 N–H and O–H groups in total. The van der Waals surface area contributed by atoms with Crippen molar-refractivity contribution < 1.29 is 0 Å². The Labute approximate surface area is 137 Å². The predicted molar refractivity (Wildman–Crippen MR) is 90.7 cm³/mol. The van der Waals surface area contributed by atoms with Crippen LogP contribution in [0.4, 0.5) is 0 Å². The molecule has 0 bridgehead atoms. The average molecular weight is 371 g/mol. The van der Waals surface area contributed by atoms with Gasteiger partial charge in [0.1, 0.15) is 4.34 Å². The van der Waals surface area contributed by atoms with Crippen molar-refractivity contribution in [2.75, 3.05) is 6.54 Å². The highest BCUT2D eigenvalue weighted by molar-refractivity contribution is 9.10. The summed E-state index contributed by atoms with van der Waals surface area (Å²) in [7, 11) is 0. The minimum absolute atomic E-state index is 0.416. The van der Waals surface area contributed by atoms with Gasteiger partial charge < -0.3 is 5.32 Å². The van der Waals surface area contributed by atoms with E-state index in [1.165, 1.54) is 16.9 Å². The fourth-order valence-electron chi connectivity index (χ4n) is 2.87. The molecule has 1 nitrogen and oxygen atoms in total. The lowest BCUT2D eigenvalue weighted by Gasteiger charge is -2.16. The summed E-state index contributed by atoms with van der Waals surface area (Å²) in [6.07, 6.45) is 1.26. The van der Waals surface area contributed by atoms with Gasteiger partial charge in [0.25, 0.3) is 0 Å². The highest BCUT2D eigenvalue weighted by Gasteiger charge is 2.44. The molecule has 1 saturated carbocycles. The highest BCUT2D eigenvalue weighted by atomic mass is 79.9. The summed E-state index contributed by atoms with van der Waals surface area (Å²) in [4.78, 5) is 1.34. The van der Waals surface area contributed by atoms with Crippen molar-refractivity contribution in [3.8, 4) is 0 Å². The van der Waals surface area contributed by atoms with Crippen LogP contribution < -0.4 is 5.32 Å². The summed E-state index contributed by atoms with van der Waals surface area (Å²) in [6, 6.07) is 13.4. The van der Waals surface area contributed by atoms with Gasteiger partial charge in [-0.3, -0.25) is 0 Å². The minimum Gasteiger partial charge on any atom is -0.309 e. The fourth-order valence-corrected chi connectivity index (χ4v) is 4.75. The highest BCUT2D eigenvalue weighted by Crippen LogP contribution is 2.55. The van der Waals surface area contributed by atoms with E-state index in [2.05, 4.69) is 64.6 Å². The van der Waals surface area contributed by atoms with E-state index in [0.29, 0.717) is 17.9 Å². The molecule has 0 amide bonds. The molecule has 20 heavy (non-hydrogen) atoms. The monoisotopic (exact) mass is 369 g/mol. The molecular formula is C16H17BrClNS. The zero-order valence-corrected chi connectivity index (χ0v) is 14.4. The van der Waals surface area contributed by atoms with Gasteiger partial charge in [-0.05, 0) is 52.4 Å².